The molecule has 3 rings (SSSR count). The third-order valence-electron chi connectivity index (χ3n) is 4.17. The van der Waals surface area contributed by atoms with Gasteiger partial charge in [0.1, 0.15) is 5.76 Å². The molecule has 6 heteroatoms. The molecule has 0 saturated carbocycles. The molecule has 0 saturated heterocycles. The minimum atomic E-state index is -1.01. The number of carbonyl (C=O) groups is 2. The van der Waals surface area contributed by atoms with Crippen LogP contribution in [0.25, 0.3) is 0 Å². The number of likely N-dealkylation sites (N-methyl/N-ethyl adjacent to an activating group) is 1. The predicted molar refractivity (Wildman–Crippen MR) is 106 cm³/mol. The van der Waals surface area contributed by atoms with E-state index >= 15 is 0 Å². The Kier molecular flexibility index (Phi) is 6.11. The predicted octanol–water partition coefficient (Wildman–Crippen LogP) is 3.88. The van der Waals surface area contributed by atoms with Crippen molar-refractivity contribution in [3.63, 3.8) is 0 Å². The Hall–Kier alpha value is -3.54. The summed E-state index contributed by atoms with van der Waals surface area (Å²) in [4.78, 5) is 26.9. The van der Waals surface area contributed by atoms with Gasteiger partial charge in [-0.15, -0.1) is 0 Å². The molecule has 0 bridgehead atoms. The number of ether oxygens (including phenoxy) is 1. The zero-order chi connectivity index (χ0) is 19.9. The average Bonchev–Trinajstić information content (AvgIpc) is 3.24. The fourth-order valence-electron chi connectivity index (χ4n) is 2.70. The van der Waals surface area contributed by atoms with Crippen LogP contribution in [0.4, 0.5) is 5.69 Å². The van der Waals surface area contributed by atoms with E-state index in [0.717, 1.165) is 5.76 Å². The van der Waals surface area contributed by atoms with E-state index < -0.39 is 12.1 Å². The monoisotopic (exact) mass is 378 g/mol. The van der Waals surface area contributed by atoms with E-state index in [1.165, 1.54) is 4.90 Å². The maximum absolute atomic E-state index is 12.9. The lowest BCUT2D eigenvalue weighted by Gasteiger charge is -2.22. The summed E-state index contributed by atoms with van der Waals surface area (Å²) in [5, 5.41) is 3.17. The first-order chi connectivity index (χ1) is 13.6. The number of amides is 1. The number of nitrogens with zero attached hydrogens (tertiary/aromatic N) is 1. The average molecular weight is 378 g/mol. The zero-order valence-corrected chi connectivity index (χ0v) is 15.8. The summed E-state index contributed by atoms with van der Waals surface area (Å²) in [6.07, 6.45) is 0.580. The second-order valence-corrected chi connectivity index (χ2v) is 6.41. The van der Waals surface area contributed by atoms with Crippen LogP contribution in [-0.4, -0.2) is 30.9 Å². The van der Waals surface area contributed by atoms with E-state index in [4.69, 9.17) is 9.15 Å². The summed E-state index contributed by atoms with van der Waals surface area (Å²) in [7, 11) is 3.26. The Bertz CT molecular complexity index is 921. The van der Waals surface area contributed by atoms with Gasteiger partial charge in [-0.2, -0.15) is 0 Å². The van der Waals surface area contributed by atoms with Gasteiger partial charge in [0.15, 0.2) is 0 Å². The minimum Gasteiger partial charge on any atom is -0.467 e. The topological polar surface area (TPSA) is 71.8 Å². The first-order valence-electron chi connectivity index (χ1n) is 8.88. The molecule has 6 nitrogen and oxygen atoms in total. The third kappa shape index (κ3) is 4.59. The number of carbonyl (C=O) groups excluding carboxylic acids is 2. The summed E-state index contributed by atoms with van der Waals surface area (Å²) in [6, 6.07) is 19.6. The lowest BCUT2D eigenvalue weighted by molar-refractivity contribution is -0.138. The van der Waals surface area contributed by atoms with E-state index in [2.05, 4.69) is 5.32 Å². The van der Waals surface area contributed by atoms with Gasteiger partial charge >= 0.3 is 5.97 Å². The largest absolute Gasteiger partial charge is 0.467 e. The van der Waals surface area contributed by atoms with Gasteiger partial charge < -0.3 is 19.4 Å². The molecule has 0 radical (unpaired) electrons. The minimum absolute atomic E-state index is 0.305. The van der Waals surface area contributed by atoms with E-state index in [0.29, 0.717) is 23.4 Å². The number of rotatable bonds is 7. The molecule has 0 spiro atoms. The standard InChI is InChI=1S/C22H22N2O4/c1-24(2)21(25)20(16-9-4-3-5-10-16)28-22(26)18-12-6-7-13-19(18)23-15-17-11-8-14-27-17/h3-14,20,23H,15H2,1-2H3. The second-order valence-electron chi connectivity index (χ2n) is 6.41. The molecule has 1 atom stereocenters. The highest BCUT2D eigenvalue weighted by Crippen LogP contribution is 2.24. The Morgan fingerprint density at radius 1 is 1.00 bits per heavy atom. The van der Waals surface area contributed by atoms with Crippen molar-refractivity contribution in [2.75, 3.05) is 19.4 Å². The summed E-state index contributed by atoms with van der Waals surface area (Å²) in [5.74, 6) is -0.139. The van der Waals surface area contributed by atoms with Crippen molar-refractivity contribution in [3.8, 4) is 0 Å². The molecular weight excluding hydrogens is 356 g/mol. The van der Waals surface area contributed by atoms with Gasteiger partial charge in [-0.3, -0.25) is 4.79 Å². The maximum Gasteiger partial charge on any atom is 0.341 e. The molecule has 3 aromatic rings. The molecule has 1 unspecified atom stereocenters. The van der Waals surface area contributed by atoms with Crippen LogP contribution in [0.15, 0.2) is 77.4 Å². The van der Waals surface area contributed by atoms with Gasteiger partial charge in [-0.05, 0) is 24.3 Å². The Labute approximate surface area is 163 Å². The number of benzene rings is 2. The van der Waals surface area contributed by atoms with Gasteiger partial charge in [0.25, 0.3) is 5.91 Å². The number of para-hydroxylation sites is 1. The molecule has 1 N–H and O–H groups in total. The van der Waals surface area contributed by atoms with Crippen LogP contribution in [-0.2, 0) is 16.1 Å². The van der Waals surface area contributed by atoms with Gasteiger partial charge in [-0.25, -0.2) is 4.79 Å². The van der Waals surface area contributed by atoms with Gasteiger partial charge in [0, 0.05) is 25.3 Å². The smallest absolute Gasteiger partial charge is 0.341 e. The Balaban J connectivity index is 1.81. The molecular formula is C22H22N2O4. The summed E-state index contributed by atoms with van der Waals surface area (Å²) >= 11 is 0. The van der Waals surface area contributed by atoms with Crippen molar-refractivity contribution in [2.45, 2.75) is 12.6 Å². The summed E-state index contributed by atoms with van der Waals surface area (Å²) in [6.45, 7) is 0.427. The van der Waals surface area contributed by atoms with Crippen LogP contribution < -0.4 is 5.32 Å². The van der Waals surface area contributed by atoms with E-state index in [1.807, 2.05) is 18.2 Å². The molecule has 0 aliphatic rings. The summed E-state index contributed by atoms with van der Waals surface area (Å²) in [5.41, 5.74) is 1.57. The number of hydrogen-bond donors (Lipinski definition) is 1. The van der Waals surface area contributed by atoms with Crippen LogP contribution >= 0.6 is 0 Å². The second kappa shape index (κ2) is 8.90. The van der Waals surface area contributed by atoms with Crippen LogP contribution in [0.5, 0.6) is 0 Å². The fraction of sp³-hybridized carbons (Fsp3) is 0.182. The van der Waals surface area contributed by atoms with Crippen molar-refractivity contribution in [1.82, 2.24) is 4.90 Å². The van der Waals surface area contributed by atoms with E-state index in [1.54, 1.807) is 68.9 Å². The zero-order valence-electron chi connectivity index (χ0n) is 15.8. The molecule has 0 fully saturated rings. The quantitative estimate of drug-likeness (QED) is 0.632. The van der Waals surface area contributed by atoms with Crippen LogP contribution in [0.2, 0.25) is 0 Å². The lowest BCUT2D eigenvalue weighted by Crippen LogP contribution is -2.31. The number of hydrogen-bond acceptors (Lipinski definition) is 5. The van der Waals surface area contributed by atoms with Crippen molar-refractivity contribution in [2.24, 2.45) is 0 Å². The first kappa shape index (κ1) is 19.2. The van der Waals surface area contributed by atoms with Crippen molar-refractivity contribution < 1.29 is 18.7 Å². The third-order valence-corrected chi connectivity index (χ3v) is 4.17. The Morgan fingerprint density at radius 3 is 2.39 bits per heavy atom. The molecule has 0 aliphatic heterocycles. The highest BCUT2D eigenvalue weighted by atomic mass is 16.5. The Morgan fingerprint density at radius 2 is 1.71 bits per heavy atom. The van der Waals surface area contributed by atoms with Crippen molar-refractivity contribution >= 4 is 17.6 Å². The molecule has 1 amide bonds. The number of nitrogens with one attached hydrogen (secondary N) is 1. The van der Waals surface area contributed by atoms with Gasteiger partial charge in [0.05, 0.1) is 18.4 Å². The molecule has 144 valence electrons. The van der Waals surface area contributed by atoms with Gasteiger partial charge in [0.2, 0.25) is 6.10 Å². The number of furan rings is 1. The fourth-order valence-corrected chi connectivity index (χ4v) is 2.70. The van der Waals surface area contributed by atoms with E-state index in [9.17, 15) is 9.59 Å². The van der Waals surface area contributed by atoms with E-state index in [-0.39, 0.29) is 5.91 Å². The molecule has 28 heavy (non-hydrogen) atoms. The highest BCUT2D eigenvalue weighted by Gasteiger charge is 2.27. The molecule has 1 aromatic heterocycles. The number of esters is 1. The van der Waals surface area contributed by atoms with Crippen molar-refractivity contribution in [1.29, 1.82) is 0 Å². The van der Waals surface area contributed by atoms with Gasteiger partial charge in [-0.1, -0.05) is 42.5 Å². The highest BCUT2D eigenvalue weighted by molar-refractivity contribution is 5.97. The summed E-state index contributed by atoms with van der Waals surface area (Å²) < 4.78 is 10.9. The normalized spacial score (nSPS) is 11.5. The molecule has 2 aromatic carbocycles. The first-order valence-corrected chi connectivity index (χ1v) is 8.88. The SMILES string of the molecule is CN(C)C(=O)C(OC(=O)c1ccccc1NCc1ccco1)c1ccccc1. The number of anilines is 1. The van der Waals surface area contributed by atoms with Crippen LogP contribution in [0.1, 0.15) is 27.8 Å². The van der Waals surface area contributed by atoms with Crippen molar-refractivity contribution in [3.05, 3.63) is 89.9 Å². The molecule has 1 heterocycles. The lowest BCUT2D eigenvalue weighted by atomic mass is 10.1. The van der Waals surface area contributed by atoms with Crippen LogP contribution in [0, 0.1) is 0 Å². The molecule has 0 aliphatic carbocycles. The van der Waals surface area contributed by atoms with Crippen LogP contribution in [0.3, 0.4) is 0 Å². The maximum atomic E-state index is 12.9.